The van der Waals surface area contributed by atoms with Gasteiger partial charge in [0.1, 0.15) is 0 Å². The van der Waals surface area contributed by atoms with E-state index in [4.69, 9.17) is 5.73 Å². The van der Waals surface area contributed by atoms with Gasteiger partial charge in [-0.05, 0) is 37.8 Å². The Bertz CT molecular complexity index is 617. The molecular weight excluding hydrogens is 346 g/mol. The SMILES string of the molecule is NCCNC(=O)C1CCCN(C(=O)C2(Sc3ccccc3)CCCC2)C1. The van der Waals surface area contributed by atoms with E-state index in [1.165, 1.54) is 0 Å². The molecule has 1 saturated heterocycles. The number of nitrogens with one attached hydrogen (secondary N) is 1. The van der Waals surface area contributed by atoms with E-state index in [0.717, 1.165) is 50.0 Å². The van der Waals surface area contributed by atoms with Gasteiger partial charge in [-0.3, -0.25) is 9.59 Å². The normalized spacial score (nSPS) is 22.2. The predicted molar refractivity (Wildman–Crippen MR) is 105 cm³/mol. The molecule has 1 heterocycles. The van der Waals surface area contributed by atoms with Crippen molar-refractivity contribution in [1.29, 1.82) is 0 Å². The third-order valence-electron chi connectivity index (χ3n) is 5.38. The lowest BCUT2D eigenvalue weighted by atomic mass is 9.95. The number of benzene rings is 1. The average molecular weight is 376 g/mol. The molecule has 2 amide bonds. The van der Waals surface area contributed by atoms with Crippen LogP contribution in [0.5, 0.6) is 0 Å². The van der Waals surface area contributed by atoms with Gasteiger partial charge in [0.25, 0.3) is 0 Å². The van der Waals surface area contributed by atoms with E-state index in [9.17, 15) is 9.59 Å². The minimum atomic E-state index is -0.364. The van der Waals surface area contributed by atoms with Gasteiger partial charge in [-0.1, -0.05) is 31.0 Å². The lowest BCUT2D eigenvalue weighted by Gasteiger charge is -2.38. The van der Waals surface area contributed by atoms with E-state index < -0.39 is 0 Å². The molecule has 1 aliphatic heterocycles. The zero-order valence-electron chi connectivity index (χ0n) is 15.3. The summed E-state index contributed by atoms with van der Waals surface area (Å²) >= 11 is 1.72. The van der Waals surface area contributed by atoms with Crippen LogP contribution in [-0.2, 0) is 9.59 Å². The van der Waals surface area contributed by atoms with E-state index in [2.05, 4.69) is 17.4 Å². The van der Waals surface area contributed by atoms with Crippen LogP contribution in [0.15, 0.2) is 35.2 Å². The van der Waals surface area contributed by atoms with Crippen LogP contribution in [0.2, 0.25) is 0 Å². The molecular formula is C20H29N3O2S. The van der Waals surface area contributed by atoms with Gasteiger partial charge in [-0.15, -0.1) is 11.8 Å². The molecule has 0 radical (unpaired) electrons. The highest BCUT2D eigenvalue weighted by Gasteiger charge is 2.45. The van der Waals surface area contributed by atoms with Gasteiger partial charge in [-0.25, -0.2) is 0 Å². The Morgan fingerprint density at radius 3 is 2.62 bits per heavy atom. The monoisotopic (exact) mass is 375 g/mol. The van der Waals surface area contributed by atoms with E-state index in [-0.39, 0.29) is 22.5 Å². The Morgan fingerprint density at radius 2 is 1.92 bits per heavy atom. The molecule has 5 nitrogen and oxygen atoms in total. The second kappa shape index (κ2) is 8.91. The van der Waals surface area contributed by atoms with Crippen molar-refractivity contribution in [3.8, 4) is 0 Å². The molecule has 1 unspecified atom stereocenters. The van der Waals surface area contributed by atoms with Gasteiger partial charge in [0.2, 0.25) is 11.8 Å². The van der Waals surface area contributed by atoms with Crippen LogP contribution in [0.4, 0.5) is 0 Å². The summed E-state index contributed by atoms with van der Waals surface area (Å²) in [6, 6.07) is 10.2. The predicted octanol–water partition coefficient (Wildman–Crippen LogP) is 2.41. The molecule has 3 N–H and O–H groups in total. The van der Waals surface area contributed by atoms with Crippen LogP contribution in [0.25, 0.3) is 0 Å². The topological polar surface area (TPSA) is 75.4 Å². The van der Waals surface area contributed by atoms with Gasteiger partial charge in [0.15, 0.2) is 0 Å². The van der Waals surface area contributed by atoms with Crippen LogP contribution in [0, 0.1) is 5.92 Å². The quantitative estimate of drug-likeness (QED) is 0.801. The molecule has 1 aromatic rings. The Hall–Kier alpha value is -1.53. The summed E-state index contributed by atoms with van der Waals surface area (Å²) in [4.78, 5) is 28.9. The minimum absolute atomic E-state index is 0.0316. The first-order valence-electron chi connectivity index (χ1n) is 9.66. The maximum absolute atomic E-state index is 13.5. The molecule has 3 rings (SSSR count). The maximum Gasteiger partial charge on any atom is 0.239 e. The van der Waals surface area contributed by atoms with Crippen molar-refractivity contribution < 1.29 is 9.59 Å². The van der Waals surface area contributed by atoms with Crippen LogP contribution in [0.3, 0.4) is 0 Å². The van der Waals surface area contributed by atoms with Crippen LogP contribution < -0.4 is 11.1 Å². The number of hydrogen-bond acceptors (Lipinski definition) is 4. The second-order valence-electron chi connectivity index (χ2n) is 7.29. The molecule has 142 valence electrons. The van der Waals surface area contributed by atoms with Crippen molar-refractivity contribution in [2.45, 2.75) is 48.2 Å². The molecule has 2 fully saturated rings. The molecule has 1 aliphatic carbocycles. The first kappa shape index (κ1) is 19.2. The van der Waals surface area contributed by atoms with Gasteiger partial charge < -0.3 is 16.0 Å². The minimum Gasteiger partial charge on any atom is -0.355 e. The third kappa shape index (κ3) is 4.41. The second-order valence-corrected chi connectivity index (χ2v) is 8.74. The van der Waals surface area contributed by atoms with Gasteiger partial charge >= 0.3 is 0 Å². The molecule has 26 heavy (non-hydrogen) atoms. The van der Waals surface area contributed by atoms with E-state index in [0.29, 0.717) is 19.6 Å². The number of thioether (sulfide) groups is 1. The largest absolute Gasteiger partial charge is 0.355 e. The summed E-state index contributed by atoms with van der Waals surface area (Å²) in [5.41, 5.74) is 5.47. The number of rotatable bonds is 6. The molecule has 6 heteroatoms. The van der Waals surface area contributed by atoms with Crippen molar-refractivity contribution >= 4 is 23.6 Å². The number of carbonyl (C=O) groups is 2. The van der Waals surface area contributed by atoms with Crippen LogP contribution >= 0.6 is 11.8 Å². The highest BCUT2D eigenvalue weighted by molar-refractivity contribution is 8.01. The molecule has 0 spiro atoms. The average Bonchev–Trinajstić information content (AvgIpc) is 3.16. The maximum atomic E-state index is 13.5. The highest BCUT2D eigenvalue weighted by atomic mass is 32.2. The van der Waals surface area contributed by atoms with Crippen LogP contribution in [0.1, 0.15) is 38.5 Å². The van der Waals surface area contributed by atoms with Crippen molar-refractivity contribution in [2.75, 3.05) is 26.2 Å². The molecule has 2 aliphatic rings. The van der Waals surface area contributed by atoms with Gasteiger partial charge in [-0.2, -0.15) is 0 Å². The Labute approximate surface area is 160 Å². The summed E-state index contributed by atoms with van der Waals surface area (Å²) in [5.74, 6) is 0.142. The Kier molecular flexibility index (Phi) is 6.59. The lowest BCUT2D eigenvalue weighted by Crippen LogP contribution is -2.51. The third-order valence-corrected chi connectivity index (χ3v) is 6.86. The summed E-state index contributed by atoms with van der Waals surface area (Å²) in [7, 11) is 0. The number of hydrogen-bond donors (Lipinski definition) is 2. The number of nitrogens with two attached hydrogens (primary N) is 1. The van der Waals surface area contributed by atoms with Gasteiger partial charge in [0.05, 0.1) is 10.7 Å². The zero-order chi connectivity index (χ0) is 18.4. The Balaban J connectivity index is 1.69. The van der Waals surface area contributed by atoms with Crippen molar-refractivity contribution in [3.63, 3.8) is 0 Å². The van der Waals surface area contributed by atoms with E-state index in [1.54, 1.807) is 11.8 Å². The molecule has 0 aromatic heterocycles. The lowest BCUT2D eigenvalue weighted by molar-refractivity contribution is -0.137. The van der Waals surface area contributed by atoms with E-state index in [1.807, 2.05) is 23.1 Å². The number of carbonyl (C=O) groups excluding carboxylic acids is 2. The first-order chi connectivity index (χ1) is 12.6. The van der Waals surface area contributed by atoms with Gasteiger partial charge in [0, 0.05) is 31.1 Å². The van der Waals surface area contributed by atoms with Crippen LogP contribution in [-0.4, -0.2) is 47.6 Å². The number of piperidine rings is 1. The smallest absolute Gasteiger partial charge is 0.239 e. The summed E-state index contributed by atoms with van der Waals surface area (Å²) in [6.07, 6.45) is 5.77. The molecule has 1 aromatic carbocycles. The molecule has 1 atom stereocenters. The molecule has 1 saturated carbocycles. The number of amides is 2. The fourth-order valence-electron chi connectivity index (χ4n) is 4.02. The summed E-state index contributed by atoms with van der Waals surface area (Å²) in [6.45, 7) is 2.23. The molecule has 0 bridgehead atoms. The highest BCUT2D eigenvalue weighted by Crippen LogP contribution is 2.46. The van der Waals surface area contributed by atoms with Crippen molar-refractivity contribution in [3.05, 3.63) is 30.3 Å². The standard InChI is InChI=1S/C20H29N3O2S/c21-12-13-22-18(24)16-7-6-14-23(15-16)19(25)20(10-4-5-11-20)26-17-8-2-1-3-9-17/h1-3,8-9,16H,4-7,10-15,21H2,(H,22,24). The van der Waals surface area contributed by atoms with E-state index >= 15 is 0 Å². The zero-order valence-corrected chi connectivity index (χ0v) is 16.1. The summed E-state index contributed by atoms with van der Waals surface area (Å²) < 4.78 is -0.364. The fourth-order valence-corrected chi connectivity index (χ4v) is 5.48. The first-order valence-corrected chi connectivity index (χ1v) is 10.5. The fraction of sp³-hybridized carbons (Fsp3) is 0.600. The van der Waals surface area contributed by atoms with Crippen molar-refractivity contribution in [1.82, 2.24) is 10.2 Å². The Morgan fingerprint density at radius 1 is 1.19 bits per heavy atom. The number of likely N-dealkylation sites (tertiary alicyclic amines) is 1. The number of nitrogens with zero attached hydrogens (tertiary/aromatic N) is 1. The van der Waals surface area contributed by atoms with Crippen molar-refractivity contribution in [2.24, 2.45) is 11.7 Å². The summed E-state index contributed by atoms with van der Waals surface area (Å²) in [5, 5.41) is 2.87.